The summed E-state index contributed by atoms with van der Waals surface area (Å²) in [6.45, 7) is 2.27. The molecule has 1 N–H and O–H groups in total. The highest BCUT2D eigenvalue weighted by atomic mass is 19.1. The SMILES string of the molecule is CN(C)CCCN(C(=O)NCCF)C(=O)C1CC2CC3(CCC2N(C)C1)OCCO3. The van der Waals surface area contributed by atoms with Crippen LogP contribution in [0.1, 0.15) is 32.1 Å². The van der Waals surface area contributed by atoms with E-state index in [2.05, 4.69) is 17.3 Å². The van der Waals surface area contributed by atoms with Crippen molar-refractivity contribution in [1.82, 2.24) is 20.0 Å². The summed E-state index contributed by atoms with van der Waals surface area (Å²) in [5.74, 6) is -0.620. The number of piperidine rings is 1. The third-order valence-electron chi connectivity index (χ3n) is 6.63. The Bertz CT molecular complexity index is 600. The van der Waals surface area contributed by atoms with Crippen molar-refractivity contribution in [1.29, 1.82) is 0 Å². The van der Waals surface area contributed by atoms with Gasteiger partial charge in [-0.05, 0) is 52.9 Å². The molecular formula is C21H37FN4O4. The maximum Gasteiger partial charge on any atom is 0.324 e. The molecule has 3 fully saturated rings. The number of imide groups is 1. The van der Waals surface area contributed by atoms with E-state index >= 15 is 0 Å². The minimum Gasteiger partial charge on any atom is -0.348 e. The van der Waals surface area contributed by atoms with Crippen molar-refractivity contribution in [2.75, 3.05) is 67.2 Å². The quantitative estimate of drug-likeness (QED) is 0.659. The first-order valence-corrected chi connectivity index (χ1v) is 11.1. The summed E-state index contributed by atoms with van der Waals surface area (Å²) < 4.78 is 24.4. The third kappa shape index (κ3) is 5.49. The van der Waals surface area contributed by atoms with E-state index in [0.717, 1.165) is 32.2 Å². The Morgan fingerprint density at radius 1 is 1.23 bits per heavy atom. The fourth-order valence-electron chi connectivity index (χ4n) is 5.25. The smallest absolute Gasteiger partial charge is 0.324 e. The van der Waals surface area contributed by atoms with Crippen LogP contribution in [0, 0.1) is 11.8 Å². The molecule has 1 spiro atoms. The predicted octanol–water partition coefficient (Wildman–Crippen LogP) is 1.31. The van der Waals surface area contributed by atoms with Gasteiger partial charge in [-0.1, -0.05) is 0 Å². The first kappa shape index (κ1) is 23.4. The fraction of sp³-hybridized carbons (Fsp3) is 0.905. The molecule has 0 aromatic carbocycles. The van der Waals surface area contributed by atoms with E-state index in [4.69, 9.17) is 9.47 Å². The molecule has 1 saturated carbocycles. The van der Waals surface area contributed by atoms with Crippen molar-refractivity contribution in [3.63, 3.8) is 0 Å². The van der Waals surface area contributed by atoms with Gasteiger partial charge in [0.2, 0.25) is 5.91 Å². The molecule has 3 aliphatic rings. The second-order valence-electron chi connectivity index (χ2n) is 9.12. The number of nitrogens with one attached hydrogen (secondary N) is 1. The lowest BCUT2D eigenvalue weighted by Crippen LogP contribution is -2.57. The summed E-state index contributed by atoms with van der Waals surface area (Å²) in [6.07, 6.45) is 4.08. The second-order valence-corrected chi connectivity index (χ2v) is 9.12. The molecule has 1 aliphatic carbocycles. The number of likely N-dealkylation sites (tertiary alicyclic amines) is 1. The first-order valence-electron chi connectivity index (χ1n) is 11.1. The Morgan fingerprint density at radius 3 is 2.63 bits per heavy atom. The average Bonchev–Trinajstić information content (AvgIpc) is 3.15. The van der Waals surface area contributed by atoms with Gasteiger partial charge in [-0.2, -0.15) is 0 Å². The first-order chi connectivity index (χ1) is 14.3. The van der Waals surface area contributed by atoms with Crippen LogP contribution in [0.2, 0.25) is 0 Å². The van der Waals surface area contributed by atoms with Gasteiger partial charge in [0.15, 0.2) is 5.79 Å². The number of hydrogen-bond donors (Lipinski definition) is 1. The van der Waals surface area contributed by atoms with Gasteiger partial charge in [-0.25, -0.2) is 9.18 Å². The van der Waals surface area contributed by atoms with Crippen molar-refractivity contribution in [3.05, 3.63) is 0 Å². The van der Waals surface area contributed by atoms with Gasteiger partial charge in [-0.3, -0.25) is 9.69 Å². The fourth-order valence-corrected chi connectivity index (χ4v) is 5.25. The summed E-state index contributed by atoms with van der Waals surface area (Å²) in [7, 11) is 5.97. The van der Waals surface area contributed by atoms with Gasteiger partial charge in [0.1, 0.15) is 6.67 Å². The van der Waals surface area contributed by atoms with Crippen molar-refractivity contribution in [2.24, 2.45) is 11.8 Å². The zero-order valence-electron chi connectivity index (χ0n) is 18.6. The zero-order chi connectivity index (χ0) is 21.7. The highest BCUT2D eigenvalue weighted by molar-refractivity contribution is 5.95. The highest BCUT2D eigenvalue weighted by Gasteiger charge is 2.49. The maximum absolute atomic E-state index is 13.4. The number of urea groups is 1. The van der Waals surface area contributed by atoms with Crippen molar-refractivity contribution < 1.29 is 23.5 Å². The molecule has 2 aliphatic heterocycles. The molecule has 172 valence electrons. The lowest BCUT2D eigenvalue weighted by molar-refractivity contribution is -0.202. The number of ether oxygens (including phenoxy) is 2. The van der Waals surface area contributed by atoms with Gasteiger partial charge in [0.05, 0.1) is 19.1 Å². The number of fused-ring (bicyclic) bond motifs is 1. The topological polar surface area (TPSA) is 74.4 Å². The van der Waals surface area contributed by atoms with Crippen molar-refractivity contribution in [2.45, 2.75) is 43.9 Å². The average molecular weight is 429 g/mol. The minimum atomic E-state index is -0.649. The van der Waals surface area contributed by atoms with E-state index in [1.165, 1.54) is 4.90 Å². The lowest BCUT2D eigenvalue weighted by atomic mass is 9.72. The summed E-state index contributed by atoms with van der Waals surface area (Å²) in [5, 5.41) is 2.52. The standard InChI is InChI=1S/C21H37FN4O4/c1-24(2)9-4-10-26(20(28)23-8-7-22)19(27)17-13-16-14-21(29-11-12-30-21)6-5-18(16)25(3)15-17/h16-18H,4-15H2,1-3H3,(H,23,28). The predicted molar refractivity (Wildman–Crippen MR) is 111 cm³/mol. The number of amides is 3. The Balaban J connectivity index is 1.67. The van der Waals surface area contributed by atoms with Crippen LogP contribution in [0.3, 0.4) is 0 Å². The van der Waals surface area contributed by atoms with E-state index in [0.29, 0.717) is 44.7 Å². The van der Waals surface area contributed by atoms with Gasteiger partial charge in [-0.15, -0.1) is 0 Å². The number of hydrogen-bond acceptors (Lipinski definition) is 6. The van der Waals surface area contributed by atoms with Crippen molar-refractivity contribution >= 4 is 11.9 Å². The summed E-state index contributed by atoms with van der Waals surface area (Å²) in [6, 6.07) is -0.0845. The molecule has 8 nitrogen and oxygen atoms in total. The van der Waals surface area contributed by atoms with Crippen LogP contribution >= 0.6 is 0 Å². The molecule has 0 aromatic heterocycles. The summed E-state index contributed by atoms with van der Waals surface area (Å²) in [5.41, 5.74) is 0. The Hall–Kier alpha value is -1.29. The summed E-state index contributed by atoms with van der Waals surface area (Å²) >= 11 is 0. The number of rotatable bonds is 7. The monoisotopic (exact) mass is 428 g/mol. The molecule has 0 bridgehead atoms. The highest BCUT2D eigenvalue weighted by Crippen LogP contribution is 2.45. The van der Waals surface area contributed by atoms with Gasteiger partial charge in [0, 0.05) is 38.5 Å². The maximum atomic E-state index is 13.4. The molecule has 3 unspecified atom stereocenters. The Kier molecular flexibility index (Phi) is 8.06. The van der Waals surface area contributed by atoms with Crippen LogP contribution in [0.5, 0.6) is 0 Å². The number of alkyl halides is 1. The van der Waals surface area contributed by atoms with Gasteiger partial charge >= 0.3 is 6.03 Å². The molecule has 30 heavy (non-hydrogen) atoms. The molecular weight excluding hydrogens is 391 g/mol. The van der Waals surface area contributed by atoms with Crippen LogP contribution < -0.4 is 5.32 Å². The van der Waals surface area contributed by atoms with E-state index in [1.807, 2.05) is 19.0 Å². The molecule has 3 atom stereocenters. The van der Waals surface area contributed by atoms with E-state index in [9.17, 15) is 14.0 Å². The molecule has 9 heteroatoms. The van der Waals surface area contributed by atoms with Gasteiger partial charge < -0.3 is 24.6 Å². The molecule has 3 amide bonds. The third-order valence-corrected chi connectivity index (χ3v) is 6.63. The molecule has 0 radical (unpaired) electrons. The summed E-state index contributed by atoms with van der Waals surface area (Å²) in [4.78, 5) is 31.5. The molecule has 0 aromatic rings. The van der Waals surface area contributed by atoms with E-state index in [-0.39, 0.29) is 18.4 Å². The molecule has 3 rings (SSSR count). The molecule has 2 saturated heterocycles. The minimum absolute atomic E-state index is 0.0806. The van der Waals surface area contributed by atoms with Crippen LogP contribution in [-0.4, -0.2) is 106 Å². The van der Waals surface area contributed by atoms with E-state index in [1.54, 1.807) is 0 Å². The van der Waals surface area contributed by atoms with E-state index < -0.39 is 18.5 Å². The number of halogens is 1. The zero-order valence-corrected chi connectivity index (χ0v) is 18.6. The number of carbonyl (C=O) groups excluding carboxylic acids is 2. The largest absolute Gasteiger partial charge is 0.348 e. The van der Waals surface area contributed by atoms with Crippen LogP contribution in [-0.2, 0) is 14.3 Å². The van der Waals surface area contributed by atoms with Crippen LogP contribution in [0.4, 0.5) is 9.18 Å². The lowest BCUT2D eigenvalue weighted by Gasteiger charge is -2.49. The van der Waals surface area contributed by atoms with Crippen LogP contribution in [0.15, 0.2) is 0 Å². The second kappa shape index (κ2) is 10.3. The number of nitrogens with zero attached hydrogens (tertiary/aromatic N) is 3. The number of carbonyl (C=O) groups is 2. The van der Waals surface area contributed by atoms with Crippen molar-refractivity contribution in [3.8, 4) is 0 Å². The Labute approximate surface area is 179 Å². The Morgan fingerprint density at radius 2 is 1.97 bits per heavy atom. The molecule has 2 heterocycles. The van der Waals surface area contributed by atoms with Gasteiger partial charge in [0.25, 0.3) is 0 Å². The van der Waals surface area contributed by atoms with Crippen LogP contribution in [0.25, 0.3) is 0 Å². The normalized spacial score (nSPS) is 28.5.